The fourth-order valence-corrected chi connectivity index (χ4v) is 5.41. The maximum atomic E-state index is 12.9. The second kappa shape index (κ2) is 13.9. The molecule has 1 saturated heterocycles. The van der Waals surface area contributed by atoms with Crippen LogP contribution in [-0.4, -0.2) is 40.2 Å². The van der Waals surface area contributed by atoms with Crippen molar-refractivity contribution in [2.45, 2.75) is 32.6 Å². The minimum Gasteiger partial charge on any atom is -0.462 e. The lowest BCUT2D eigenvalue weighted by molar-refractivity contribution is -0.122. The van der Waals surface area contributed by atoms with Gasteiger partial charge in [0.25, 0.3) is 5.91 Å². The van der Waals surface area contributed by atoms with E-state index in [0.717, 1.165) is 29.5 Å². The van der Waals surface area contributed by atoms with Gasteiger partial charge in [-0.15, -0.1) is 0 Å². The van der Waals surface area contributed by atoms with Crippen LogP contribution in [0.2, 0.25) is 0 Å². The third-order valence-electron chi connectivity index (χ3n) is 6.15. The molecule has 0 aromatic heterocycles. The van der Waals surface area contributed by atoms with E-state index in [1.807, 2.05) is 36.4 Å². The van der Waals surface area contributed by atoms with Crippen LogP contribution in [-0.2, 0) is 14.3 Å². The number of amides is 2. The summed E-state index contributed by atoms with van der Waals surface area (Å²) in [6.45, 7) is 2.60. The van der Waals surface area contributed by atoms with Gasteiger partial charge in [-0.1, -0.05) is 85.0 Å². The number of unbranched alkanes of at least 4 members (excludes halogenated alkanes) is 2. The van der Waals surface area contributed by atoms with Crippen molar-refractivity contribution in [1.29, 1.82) is 0 Å². The van der Waals surface area contributed by atoms with Crippen molar-refractivity contribution in [3.05, 3.63) is 94.9 Å². The molecular weight excluding hydrogens is 528 g/mol. The molecule has 200 valence electrons. The summed E-state index contributed by atoms with van der Waals surface area (Å²) in [5.74, 6) is -0.545. The highest BCUT2D eigenvalue weighted by molar-refractivity contribution is 8.26. The Bertz CT molecular complexity index is 1350. The molecule has 0 unspecified atom stereocenters. The van der Waals surface area contributed by atoms with Gasteiger partial charge in [0.1, 0.15) is 4.32 Å². The molecule has 1 aliphatic rings. The van der Waals surface area contributed by atoms with E-state index >= 15 is 0 Å². The number of esters is 1. The van der Waals surface area contributed by atoms with Crippen molar-refractivity contribution in [2.24, 2.45) is 0 Å². The van der Waals surface area contributed by atoms with E-state index in [9.17, 15) is 14.4 Å². The highest BCUT2D eigenvalue weighted by Gasteiger charge is 2.31. The number of thiocarbonyl (C=S) groups is 1. The number of rotatable bonds is 11. The topological polar surface area (TPSA) is 75.7 Å². The zero-order chi connectivity index (χ0) is 27.6. The molecule has 2 amide bonds. The smallest absolute Gasteiger partial charge is 0.338 e. The lowest BCUT2D eigenvalue weighted by atomic mass is 10.0. The Balaban J connectivity index is 1.19. The lowest BCUT2D eigenvalue weighted by Gasteiger charge is -2.14. The Hall–Kier alpha value is -3.75. The molecule has 6 nitrogen and oxygen atoms in total. The maximum absolute atomic E-state index is 12.9. The first-order valence-electron chi connectivity index (χ1n) is 12.9. The molecule has 0 spiro atoms. The van der Waals surface area contributed by atoms with E-state index in [1.165, 1.54) is 11.8 Å². The van der Waals surface area contributed by atoms with E-state index in [0.29, 0.717) is 46.5 Å². The minimum atomic E-state index is -0.384. The Labute approximate surface area is 238 Å². The Morgan fingerprint density at radius 3 is 2.31 bits per heavy atom. The monoisotopic (exact) mass is 558 g/mol. The predicted molar refractivity (Wildman–Crippen MR) is 161 cm³/mol. The largest absolute Gasteiger partial charge is 0.462 e. The normalized spacial score (nSPS) is 14.1. The van der Waals surface area contributed by atoms with Crippen LogP contribution < -0.4 is 5.32 Å². The number of thioether (sulfide) groups is 1. The third kappa shape index (κ3) is 7.88. The number of carbonyl (C=O) groups is 3. The number of nitrogens with one attached hydrogen (secondary N) is 1. The fourth-order valence-electron chi connectivity index (χ4n) is 4.11. The molecule has 4 rings (SSSR count). The quantitative estimate of drug-likeness (QED) is 0.119. The molecule has 0 bridgehead atoms. The third-order valence-corrected chi connectivity index (χ3v) is 7.53. The zero-order valence-electron chi connectivity index (χ0n) is 21.7. The number of hydrogen-bond acceptors (Lipinski definition) is 6. The molecule has 3 aromatic carbocycles. The van der Waals surface area contributed by atoms with Gasteiger partial charge in [0.15, 0.2) is 0 Å². The van der Waals surface area contributed by atoms with Crippen molar-refractivity contribution >= 4 is 57.8 Å². The van der Waals surface area contributed by atoms with Gasteiger partial charge in [0, 0.05) is 18.7 Å². The standard InChI is InChI=1S/C31H30N2O4S2/c1-2-37-30(36)25-16-18-26(19-17-25)32-28(34)11-7-4-8-20-33-29(35)27(39-31(33)38)21-22-12-14-24(15-13-22)23-9-5-3-6-10-23/h3,5-6,9-10,12-19,21H,2,4,7-8,11,20H2,1H3,(H,32,34)/b27-21-. The molecule has 8 heteroatoms. The molecule has 1 N–H and O–H groups in total. The molecule has 1 fully saturated rings. The average molecular weight is 559 g/mol. The SMILES string of the molecule is CCOC(=O)c1ccc(NC(=O)CCCCCN2C(=O)/C(=C/c3ccc(-c4ccccc4)cc3)SC2=S)cc1. The highest BCUT2D eigenvalue weighted by atomic mass is 32.2. The summed E-state index contributed by atoms with van der Waals surface area (Å²) >= 11 is 6.79. The summed E-state index contributed by atoms with van der Waals surface area (Å²) in [7, 11) is 0. The fraction of sp³-hybridized carbons (Fsp3) is 0.226. The average Bonchev–Trinajstić information content (AvgIpc) is 3.21. The summed E-state index contributed by atoms with van der Waals surface area (Å²) in [6, 6.07) is 24.9. The Morgan fingerprint density at radius 1 is 0.923 bits per heavy atom. The number of hydrogen-bond donors (Lipinski definition) is 1. The lowest BCUT2D eigenvalue weighted by Crippen LogP contribution is -2.29. The molecule has 39 heavy (non-hydrogen) atoms. The number of anilines is 1. The van der Waals surface area contributed by atoms with E-state index in [2.05, 4.69) is 29.6 Å². The van der Waals surface area contributed by atoms with Crippen molar-refractivity contribution in [2.75, 3.05) is 18.5 Å². The molecule has 0 saturated carbocycles. The Kier molecular flexibility index (Phi) is 10.1. The van der Waals surface area contributed by atoms with Gasteiger partial charge in [-0.25, -0.2) is 4.79 Å². The summed E-state index contributed by atoms with van der Waals surface area (Å²) in [4.78, 5) is 39.2. The van der Waals surface area contributed by atoms with Crippen molar-refractivity contribution in [3.63, 3.8) is 0 Å². The van der Waals surface area contributed by atoms with E-state index < -0.39 is 0 Å². The zero-order valence-corrected chi connectivity index (χ0v) is 23.4. The van der Waals surface area contributed by atoms with Crippen molar-refractivity contribution in [1.82, 2.24) is 4.90 Å². The summed E-state index contributed by atoms with van der Waals surface area (Å²) in [5, 5.41) is 2.84. The van der Waals surface area contributed by atoms with Crippen molar-refractivity contribution < 1.29 is 19.1 Å². The van der Waals surface area contributed by atoms with Gasteiger partial charge in [-0.3, -0.25) is 14.5 Å². The molecule has 0 aliphatic carbocycles. The van der Waals surface area contributed by atoms with Gasteiger partial charge in [0.2, 0.25) is 5.91 Å². The van der Waals surface area contributed by atoms with Crippen LogP contribution in [0.4, 0.5) is 5.69 Å². The van der Waals surface area contributed by atoms with Crippen LogP contribution in [0.15, 0.2) is 83.8 Å². The van der Waals surface area contributed by atoms with E-state index in [1.54, 1.807) is 36.1 Å². The Morgan fingerprint density at radius 2 is 1.62 bits per heavy atom. The molecule has 3 aromatic rings. The molecule has 1 heterocycles. The van der Waals surface area contributed by atoms with E-state index in [4.69, 9.17) is 17.0 Å². The number of nitrogens with zero attached hydrogens (tertiary/aromatic N) is 1. The first-order valence-corrected chi connectivity index (χ1v) is 14.1. The van der Waals surface area contributed by atoms with Gasteiger partial charge >= 0.3 is 5.97 Å². The summed E-state index contributed by atoms with van der Waals surface area (Å²) in [5.41, 5.74) is 4.31. The van der Waals surface area contributed by atoms with Gasteiger partial charge < -0.3 is 10.1 Å². The molecule has 0 radical (unpaired) electrons. The van der Waals surface area contributed by atoms with Crippen LogP contribution in [0.1, 0.15) is 48.5 Å². The number of carbonyl (C=O) groups excluding carboxylic acids is 3. The minimum absolute atomic E-state index is 0.0684. The van der Waals surface area contributed by atoms with Gasteiger partial charge in [-0.2, -0.15) is 0 Å². The van der Waals surface area contributed by atoms with Crippen LogP contribution in [0.5, 0.6) is 0 Å². The predicted octanol–water partition coefficient (Wildman–Crippen LogP) is 6.93. The van der Waals surface area contributed by atoms with E-state index in [-0.39, 0.29) is 17.8 Å². The van der Waals surface area contributed by atoms with Crippen LogP contribution in [0.25, 0.3) is 17.2 Å². The summed E-state index contributed by atoms with van der Waals surface area (Å²) < 4.78 is 5.53. The van der Waals surface area contributed by atoms with Crippen LogP contribution in [0, 0.1) is 0 Å². The second-order valence-corrected chi connectivity index (χ2v) is 10.7. The van der Waals surface area contributed by atoms with Gasteiger partial charge in [0.05, 0.1) is 17.1 Å². The maximum Gasteiger partial charge on any atom is 0.338 e. The highest BCUT2D eigenvalue weighted by Crippen LogP contribution is 2.33. The number of benzene rings is 3. The summed E-state index contributed by atoms with van der Waals surface area (Å²) in [6.07, 6.45) is 4.51. The number of ether oxygens (including phenoxy) is 1. The first kappa shape index (κ1) is 28.3. The van der Waals surface area contributed by atoms with Crippen molar-refractivity contribution in [3.8, 4) is 11.1 Å². The van der Waals surface area contributed by atoms with Crippen LogP contribution >= 0.6 is 24.0 Å². The second-order valence-electron chi connectivity index (χ2n) is 8.98. The first-order chi connectivity index (χ1) is 18.9. The molecular formula is C31H30N2O4S2. The van der Waals surface area contributed by atoms with Crippen LogP contribution in [0.3, 0.4) is 0 Å². The molecule has 0 atom stereocenters. The van der Waals surface area contributed by atoms with Gasteiger partial charge in [-0.05, 0) is 66.8 Å². The molecule has 1 aliphatic heterocycles.